The molecule has 0 bridgehead atoms. The van der Waals surface area contributed by atoms with Crippen LogP contribution < -0.4 is 5.73 Å². The van der Waals surface area contributed by atoms with Crippen LogP contribution in [-0.4, -0.2) is 22.2 Å². The van der Waals surface area contributed by atoms with E-state index in [9.17, 15) is 14.3 Å². The van der Waals surface area contributed by atoms with Crippen molar-refractivity contribution in [2.75, 3.05) is 0 Å². The smallest absolute Gasteiger partial charge is 0.323 e. The number of nitrogens with zero attached hydrogens (tertiary/aromatic N) is 1. The minimum atomic E-state index is -1.52. The summed E-state index contributed by atoms with van der Waals surface area (Å²) in [7, 11) is 0. The zero-order valence-electron chi connectivity index (χ0n) is 8.09. The Morgan fingerprint density at radius 3 is 2.69 bits per heavy atom. The lowest BCUT2D eigenvalue weighted by Crippen LogP contribution is -2.36. The number of aliphatic hydroxyl groups excluding tert-OH is 1. The second-order valence-corrected chi connectivity index (χ2v) is 3.16. The number of hydrogen-bond donors (Lipinski definition) is 3. The highest BCUT2D eigenvalue weighted by Gasteiger charge is 2.24. The Hall–Kier alpha value is -1.97. The zero-order valence-corrected chi connectivity index (χ0v) is 8.09. The Labute approximate surface area is 90.5 Å². The molecule has 0 fully saturated rings. The minimum absolute atomic E-state index is 0.0906. The van der Waals surface area contributed by atoms with Crippen LogP contribution in [0, 0.1) is 17.1 Å². The normalized spacial score (nSPS) is 13.9. The van der Waals surface area contributed by atoms with E-state index in [0.717, 1.165) is 12.1 Å². The molecule has 2 unspecified atom stereocenters. The Balaban J connectivity index is 3.06. The van der Waals surface area contributed by atoms with Gasteiger partial charge in [-0.3, -0.25) is 4.79 Å². The van der Waals surface area contributed by atoms with Gasteiger partial charge in [-0.05, 0) is 17.7 Å². The second-order valence-electron chi connectivity index (χ2n) is 3.16. The van der Waals surface area contributed by atoms with E-state index in [1.54, 1.807) is 6.07 Å². The van der Waals surface area contributed by atoms with Crippen molar-refractivity contribution in [1.29, 1.82) is 5.26 Å². The van der Waals surface area contributed by atoms with E-state index in [1.807, 2.05) is 0 Å². The summed E-state index contributed by atoms with van der Waals surface area (Å²) in [5, 5.41) is 26.7. The van der Waals surface area contributed by atoms with Gasteiger partial charge in [0.2, 0.25) is 0 Å². The average Bonchev–Trinajstić information content (AvgIpc) is 2.27. The molecule has 0 saturated heterocycles. The summed E-state index contributed by atoms with van der Waals surface area (Å²) in [5.74, 6) is -2.11. The van der Waals surface area contributed by atoms with Crippen molar-refractivity contribution in [2.45, 2.75) is 12.1 Å². The van der Waals surface area contributed by atoms with Crippen LogP contribution in [0.2, 0.25) is 0 Å². The first-order chi connectivity index (χ1) is 7.47. The fourth-order valence-electron chi connectivity index (χ4n) is 1.15. The summed E-state index contributed by atoms with van der Waals surface area (Å²) in [6.07, 6.45) is -1.48. The molecule has 84 valence electrons. The molecule has 0 saturated carbocycles. The standard InChI is InChI=1S/C10H9FN2O3/c11-7-2-1-5(3-6(7)4-12)9(14)8(13)10(15)16/h1-3,8-9,14H,13H2,(H,15,16). The third kappa shape index (κ3) is 2.34. The van der Waals surface area contributed by atoms with E-state index in [4.69, 9.17) is 16.1 Å². The average molecular weight is 224 g/mol. The maximum absolute atomic E-state index is 12.9. The van der Waals surface area contributed by atoms with E-state index in [1.165, 1.54) is 6.07 Å². The highest BCUT2D eigenvalue weighted by atomic mass is 19.1. The number of aliphatic carboxylic acids is 1. The number of aliphatic hydroxyl groups is 1. The van der Waals surface area contributed by atoms with Crippen LogP contribution >= 0.6 is 0 Å². The van der Waals surface area contributed by atoms with Crippen molar-refractivity contribution in [2.24, 2.45) is 5.73 Å². The van der Waals surface area contributed by atoms with Crippen LogP contribution in [0.5, 0.6) is 0 Å². The maximum Gasteiger partial charge on any atom is 0.323 e. The van der Waals surface area contributed by atoms with E-state index in [2.05, 4.69) is 0 Å². The van der Waals surface area contributed by atoms with Gasteiger partial charge in [-0.1, -0.05) is 6.07 Å². The molecular formula is C10H9FN2O3. The van der Waals surface area contributed by atoms with Crippen LogP contribution in [0.3, 0.4) is 0 Å². The molecule has 0 aromatic heterocycles. The SMILES string of the molecule is N#Cc1cc(C(O)C(N)C(=O)O)ccc1F. The number of carboxylic acid groups (broad SMARTS) is 1. The van der Waals surface area contributed by atoms with Crippen molar-refractivity contribution in [3.63, 3.8) is 0 Å². The first kappa shape index (κ1) is 12.1. The van der Waals surface area contributed by atoms with Crippen LogP contribution in [0.15, 0.2) is 18.2 Å². The van der Waals surface area contributed by atoms with Crippen LogP contribution in [0.4, 0.5) is 4.39 Å². The quantitative estimate of drug-likeness (QED) is 0.677. The number of nitrogens with two attached hydrogens (primary N) is 1. The molecule has 0 radical (unpaired) electrons. The molecule has 2 atom stereocenters. The third-order valence-electron chi connectivity index (χ3n) is 2.08. The van der Waals surface area contributed by atoms with Gasteiger partial charge in [0.1, 0.15) is 24.0 Å². The largest absolute Gasteiger partial charge is 0.480 e. The second kappa shape index (κ2) is 4.70. The maximum atomic E-state index is 12.9. The van der Waals surface area contributed by atoms with Gasteiger partial charge in [0.25, 0.3) is 0 Å². The molecule has 1 aromatic carbocycles. The number of hydrogen-bond acceptors (Lipinski definition) is 4. The molecule has 0 heterocycles. The lowest BCUT2D eigenvalue weighted by Gasteiger charge is -2.15. The van der Waals surface area contributed by atoms with Gasteiger partial charge in [0.15, 0.2) is 0 Å². The number of nitriles is 1. The first-order valence-electron chi connectivity index (χ1n) is 4.33. The van der Waals surface area contributed by atoms with Crippen molar-refractivity contribution < 1.29 is 19.4 Å². The molecule has 1 aromatic rings. The molecule has 1 rings (SSSR count). The van der Waals surface area contributed by atoms with Gasteiger partial charge in [0.05, 0.1) is 5.56 Å². The highest BCUT2D eigenvalue weighted by Crippen LogP contribution is 2.18. The lowest BCUT2D eigenvalue weighted by atomic mass is 10.0. The predicted octanol–water partition coefficient (Wildman–Crippen LogP) is 0.143. The Morgan fingerprint density at radius 1 is 1.56 bits per heavy atom. The Kier molecular flexibility index (Phi) is 3.55. The molecule has 6 heteroatoms. The molecule has 0 aliphatic carbocycles. The number of carboxylic acids is 1. The number of halogens is 1. The summed E-state index contributed by atoms with van der Waals surface area (Å²) < 4.78 is 12.9. The third-order valence-corrected chi connectivity index (χ3v) is 2.08. The fraction of sp³-hybridized carbons (Fsp3) is 0.200. The number of rotatable bonds is 3. The zero-order chi connectivity index (χ0) is 12.3. The van der Waals surface area contributed by atoms with Gasteiger partial charge >= 0.3 is 5.97 Å². The van der Waals surface area contributed by atoms with E-state index in [-0.39, 0.29) is 11.1 Å². The topological polar surface area (TPSA) is 107 Å². The van der Waals surface area contributed by atoms with Gasteiger partial charge in [-0.15, -0.1) is 0 Å². The van der Waals surface area contributed by atoms with Crippen molar-refractivity contribution >= 4 is 5.97 Å². The van der Waals surface area contributed by atoms with Crippen LogP contribution in [0.25, 0.3) is 0 Å². The molecule has 5 nitrogen and oxygen atoms in total. The number of benzene rings is 1. The highest BCUT2D eigenvalue weighted by molar-refractivity contribution is 5.74. The molecule has 4 N–H and O–H groups in total. The van der Waals surface area contributed by atoms with E-state index in [0.29, 0.717) is 0 Å². The minimum Gasteiger partial charge on any atom is -0.480 e. The summed E-state index contributed by atoms with van der Waals surface area (Å²) in [5.41, 5.74) is 5.02. The van der Waals surface area contributed by atoms with E-state index >= 15 is 0 Å². The monoisotopic (exact) mass is 224 g/mol. The van der Waals surface area contributed by atoms with Gasteiger partial charge < -0.3 is 15.9 Å². The van der Waals surface area contributed by atoms with Crippen LogP contribution in [0.1, 0.15) is 17.2 Å². The fourth-order valence-corrected chi connectivity index (χ4v) is 1.15. The Morgan fingerprint density at radius 2 is 2.19 bits per heavy atom. The van der Waals surface area contributed by atoms with Gasteiger partial charge in [0, 0.05) is 0 Å². The predicted molar refractivity (Wildman–Crippen MR) is 51.7 cm³/mol. The van der Waals surface area contributed by atoms with Crippen LogP contribution in [-0.2, 0) is 4.79 Å². The van der Waals surface area contributed by atoms with E-state index < -0.39 is 23.9 Å². The first-order valence-corrected chi connectivity index (χ1v) is 4.33. The van der Waals surface area contributed by atoms with Crippen molar-refractivity contribution in [3.8, 4) is 6.07 Å². The van der Waals surface area contributed by atoms with Crippen molar-refractivity contribution in [3.05, 3.63) is 35.1 Å². The molecule has 0 aliphatic heterocycles. The lowest BCUT2D eigenvalue weighted by molar-refractivity contribution is -0.141. The van der Waals surface area contributed by atoms with Gasteiger partial charge in [-0.2, -0.15) is 5.26 Å². The molecule has 0 amide bonds. The summed E-state index contributed by atoms with van der Waals surface area (Å²) in [4.78, 5) is 10.5. The molecule has 16 heavy (non-hydrogen) atoms. The molecule has 0 spiro atoms. The Bertz CT molecular complexity index is 456. The summed E-state index contributed by atoms with van der Waals surface area (Å²) in [6.45, 7) is 0. The summed E-state index contributed by atoms with van der Waals surface area (Å²) >= 11 is 0. The van der Waals surface area contributed by atoms with Gasteiger partial charge in [-0.25, -0.2) is 4.39 Å². The van der Waals surface area contributed by atoms with Crippen molar-refractivity contribution in [1.82, 2.24) is 0 Å². The molecular weight excluding hydrogens is 215 g/mol. The molecule has 0 aliphatic rings. The number of carbonyl (C=O) groups is 1. The summed E-state index contributed by atoms with van der Waals surface area (Å²) in [6, 6.07) is 3.30.